The maximum absolute atomic E-state index is 12.4. The monoisotopic (exact) mass is 498 g/mol. The Balaban J connectivity index is 1.50. The summed E-state index contributed by atoms with van der Waals surface area (Å²) in [6.45, 7) is 2.02. The van der Waals surface area contributed by atoms with Crippen molar-refractivity contribution in [2.24, 2.45) is 0 Å². The second kappa shape index (κ2) is 11.0. The van der Waals surface area contributed by atoms with Crippen LogP contribution >= 0.6 is 58.3 Å². The predicted molar refractivity (Wildman–Crippen MR) is 127 cm³/mol. The van der Waals surface area contributed by atoms with Crippen molar-refractivity contribution in [2.75, 3.05) is 22.1 Å². The minimum absolute atomic E-state index is 0.154. The van der Waals surface area contributed by atoms with Crippen molar-refractivity contribution in [1.82, 2.24) is 9.36 Å². The van der Waals surface area contributed by atoms with E-state index >= 15 is 0 Å². The quantitative estimate of drug-likeness (QED) is 0.373. The average molecular weight is 499 g/mol. The van der Waals surface area contributed by atoms with Crippen LogP contribution in [0, 0.1) is 0 Å². The van der Waals surface area contributed by atoms with E-state index in [1.54, 1.807) is 24.3 Å². The third-order valence-electron chi connectivity index (χ3n) is 3.59. The molecular weight excluding hydrogens is 483 g/mol. The molecule has 2 aromatic carbocycles. The number of nitrogens with zero attached hydrogens (tertiary/aromatic N) is 2. The van der Waals surface area contributed by atoms with Crippen molar-refractivity contribution in [1.29, 1.82) is 0 Å². The van der Waals surface area contributed by atoms with Crippen molar-refractivity contribution in [3.05, 3.63) is 58.1 Å². The van der Waals surface area contributed by atoms with Gasteiger partial charge in [0, 0.05) is 27.1 Å². The number of thioether (sulfide) groups is 2. The number of halogens is 2. The van der Waals surface area contributed by atoms with Crippen molar-refractivity contribution in [3.63, 3.8) is 0 Å². The molecule has 0 saturated heterocycles. The van der Waals surface area contributed by atoms with Crippen LogP contribution in [-0.4, -0.2) is 32.7 Å². The zero-order chi connectivity index (χ0) is 21.5. The Hall–Kier alpha value is -1.78. The highest BCUT2D eigenvalue weighted by Crippen LogP contribution is 2.24. The van der Waals surface area contributed by atoms with Crippen molar-refractivity contribution >= 4 is 80.9 Å². The highest BCUT2D eigenvalue weighted by molar-refractivity contribution is 8.00. The van der Waals surface area contributed by atoms with Gasteiger partial charge in [-0.1, -0.05) is 41.9 Å². The average Bonchev–Trinajstić information content (AvgIpc) is 3.14. The van der Waals surface area contributed by atoms with Gasteiger partial charge in [-0.15, -0.1) is 11.8 Å². The maximum Gasteiger partial charge on any atom is 0.257 e. The zero-order valence-corrected chi connectivity index (χ0v) is 19.6. The highest BCUT2D eigenvalue weighted by Gasteiger charge is 2.12. The van der Waals surface area contributed by atoms with E-state index in [1.165, 1.54) is 41.1 Å². The van der Waals surface area contributed by atoms with E-state index in [4.69, 9.17) is 23.2 Å². The van der Waals surface area contributed by atoms with Gasteiger partial charge in [0.15, 0.2) is 0 Å². The summed E-state index contributed by atoms with van der Waals surface area (Å²) >= 11 is 16.0. The molecule has 156 valence electrons. The van der Waals surface area contributed by atoms with Gasteiger partial charge in [-0.3, -0.25) is 14.9 Å². The van der Waals surface area contributed by atoms with Crippen LogP contribution in [0.5, 0.6) is 0 Å². The van der Waals surface area contributed by atoms with Gasteiger partial charge >= 0.3 is 0 Å². The van der Waals surface area contributed by atoms with Gasteiger partial charge in [0.25, 0.3) is 5.91 Å². The molecule has 0 bridgehead atoms. The topological polar surface area (TPSA) is 84.0 Å². The maximum atomic E-state index is 12.4. The number of carbonyl (C=O) groups excluding carboxylic acids is 2. The zero-order valence-electron chi connectivity index (χ0n) is 15.6. The van der Waals surface area contributed by atoms with E-state index in [0.717, 1.165) is 10.6 Å². The SMILES string of the molecule is CCSc1nsc(NC(=O)CSc2ccc(NC(=O)c3ccc(Cl)cc3Cl)cc2)n1. The summed E-state index contributed by atoms with van der Waals surface area (Å²) in [5.41, 5.74) is 0.961. The summed E-state index contributed by atoms with van der Waals surface area (Å²) in [7, 11) is 0. The number of hydrogen-bond acceptors (Lipinski definition) is 7. The summed E-state index contributed by atoms with van der Waals surface area (Å²) < 4.78 is 4.16. The predicted octanol–water partition coefficient (Wildman–Crippen LogP) is 5.94. The molecule has 0 aliphatic rings. The van der Waals surface area contributed by atoms with Gasteiger partial charge in [0.2, 0.25) is 16.2 Å². The van der Waals surface area contributed by atoms with Gasteiger partial charge < -0.3 is 5.32 Å². The Labute approximate surface area is 196 Å². The van der Waals surface area contributed by atoms with E-state index in [2.05, 4.69) is 20.0 Å². The number of hydrogen-bond donors (Lipinski definition) is 2. The molecule has 0 fully saturated rings. The molecular formula is C19H16Cl2N4O2S3. The summed E-state index contributed by atoms with van der Waals surface area (Å²) in [4.78, 5) is 29.6. The fraction of sp³-hybridized carbons (Fsp3) is 0.158. The molecule has 0 atom stereocenters. The molecule has 0 spiro atoms. The van der Waals surface area contributed by atoms with E-state index in [0.29, 0.717) is 26.6 Å². The van der Waals surface area contributed by atoms with Crippen LogP contribution in [0.4, 0.5) is 10.8 Å². The normalized spacial score (nSPS) is 10.6. The van der Waals surface area contributed by atoms with Gasteiger partial charge in [-0.25, -0.2) is 0 Å². The third-order valence-corrected chi connectivity index (χ3v) is 6.62. The van der Waals surface area contributed by atoms with Crippen molar-refractivity contribution in [3.8, 4) is 0 Å². The summed E-state index contributed by atoms with van der Waals surface area (Å²) in [5, 5.41) is 7.45. The number of nitrogens with one attached hydrogen (secondary N) is 2. The molecule has 6 nitrogen and oxygen atoms in total. The Kier molecular flexibility index (Phi) is 8.41. The molecule has 2 N–H and O–H groups in total. The van der Waals surface area contributed by atoms with Crippen LogP contribution < -0.4 is 10.6 Å². The lowest BCUT2D eigenvalue weighted by Crippen LogP contribution is -2.14. The molecule has 0 unspecified atom stereocenters. The van der Waals surface area contributed by atoms with Crippen LogP contribution in [0.1, 0.15) is 17.3 Å². The van der Waals surface area contributed by atoms with Crippen molar-refractivity contribution < 1.29 is 9.59 Å². The van der Waals surface area contributed by atoms with Crippen LogP contribution in [0.3, 0.4) is 0 Å². The number of carbonyl (C=O) groups is 2. The second-order valence-corrected chi connectivity index (χ2v) is 9.63. The van der Waals surface area contributed by atoms with E-state index in [-0.39, 0.29) is 22.6 Å². The number of anilines is 2. The minimum Gasteiger partial charge on any atom is -0.322 e. The molecule has 1 aromatic heterocycles. The summed E-state index contributed by atoms with van der Waals surface area (Å²) in [5.74, 6) is 0.638. The van der Waals surface area contributed by atoms with E-state index < -0.39 is 0 Å². The molecule has 3 aromatic rings. The first-order chi connectivity index (χ1) is 14.4. The van der Waals surface area contributed by atoms with Gasteiger partial charge in [-0.05, 0) is 48.2 Å². The molecule has 2 amide bonds. The molecule has 0 aliphatic carbocycles. The molecule has 11 heteroatoms. The van der Waals surface area contributed by atoms with Crippen LogP contribution in [0.25, 0.3) is 0 Å². The highest BCUT2D eigenvalue weighted by atomic mass is 35.5. The Morgan fingerprint density at radius 2 is 1.83 bits per heavy atom. The number of aromatic nitrogens is 2. The van der Waals surface area contributed by atoms with E-state index in [9.17, 15) is 9.59 Å². The summed E-state index contributed by atoms with van der Waals surface area (Å²) in [6, 6.07) is 11.9. The summed E-state index contributed by atoms with van der Waals surface area (Å²) in [6.07, 6.45) is 0. The van der Waals surface area contributed by atoms with Gasteiger partial charge in [-0.2, -0.15) is 9.36 Å². The minimum atomic E-state index is -0.325. The van der Waals surface area contributed by atoms with Gasteiger partial charge in [0.1, 0.15) is 0 Å². The Morgan fingerprint density at radius 3 is 2.53 bits per heavy atom. The molecule has 3 rings (SSSR count). The Bertz CT molecular complexity index is 1040. The number of rotatable bonds is 8. The van der Waals surface area contributed by atoms with Gasteiger partial charge in [0.05, 0.1) is 16.3 Å². The molecule has 1 heterocycles. The molecule has 0 aliphatic heterocycles. The smallest absolute Gasteiger partial charge is 0.257 e. The molecule has 30 heavy (non-hydrogen) atoms. The lowest BCUT2D eigenvalue weighted by atomic mass is 10.2. The fourth-order valence-corrected chi connectivity index (χ4v) is 4.74. The molecule has 0 radical (unpaired) electrons. The largest absolute Gasteiger partial charge is 0.322 e. The van der Waals surface area contributed by atoms with Crippen LogP contribution in [0.15, 0.2) is 52.5 Å². The fourth-order valence-electron chi connectivity index (χ4n) is 2.26. The number of amides is 2. The first-order valence-corrected chi connectivity index (χ1v) is 12.2. The van der Waals surface area contributed by atoms with Crippen LogP contribution in [-0.2, 0) is 4.79 Å². The third kappa shape index (κ3) is 6.61. The standard InChI is InChI=1S/C19H16Cl2N4O2S3/c1-2-28-19-24-18(30-25-19)23-16(26)10-29-13-6-4-12(5-7-13)22-17(27)14-8-3-11(20)9-15(14)21/h3-9H,2,10H2,1H3,(H,22,27)(H,23,24,25,26). The van der Waals surface area contributed by atoms with Crippen LogP contribution in [0.2, 0.25) is 10.0 Å². The second-order valence-electron chi connectivity index (χ2n) is 5.75. The Morgan fingerprint density at radius 1 is 1.07 bits per heavy atom. The van der Waals surface area contributed by atoms with E-state index in [1.807, 2.05) is 19.1 Å². The van der Waals surface area contributed by atoms with Crippen molar-refractivity contribution in [2.45, 2.75) is 17.0 Å². The first-order valence-electron chi connectivity index (χ1n) is 8.70. The number of benzene rings is 2. The lowest BCUT2D eigenvalue weighted by molar-refractivity contribution is -0.113. The first kappa shape index (κ1) is 22.9. The lowest BCUT2D eigenvalue weighted by Gasteiger charge is -2.08. The molecule has 0 saturated carbocycles.